The van der Waals surface area contributed by atoms with Crippen molar-refractivity contribution in [1.82, 2.24) is 16.0 Å². The Balaban J connectivity index is 1.90. The standard InChI is InChI=1S/C12H23N3O2/c1-9(2)13-6-5-11(16)14-7-8-15-12(17)10-3-4-10/h9-10,13H,3-8H2,1-2H3,(H,14,16)(H,15,17). The van der Waals surface area contributed by atoms with Crippen LogP contribution >= 0.6 is 0 Å². The van der Waals surface area contributed by atoms with Crippen LogP contribution in [0.1, 0.15) is 33.1 Å². The highest BCUT2D eigenvalue weighted by atomic mass is 16.2. The molecule has 17 heavy (non-hydrogen) atoms. The number of rotatable bonds is 8. The first-order valence-electron chi connectivity index (χ1n) is 6.37. The summed E-state index contributed by atoms with van der Waals surface area (Å²) >= 11 is 0. The highest BCUT2D eigenvalue weighted by molar-refractivity contribution is 5.81. The molecule has 1 aliphatic carbocycles. The zero-order valence-corrected chi connectivity index (χ0v) is 10.7. The largest absolute Gasteiger partial charge is 0.354 e. The first kappa shape index (κ1) is 14.0. The molecule has 1 saturated carbocycles. The second-order valence-corrected chi connectivity index (χ2v) is 4.77. The molecular weight excluding hydrogens is 218 g/mol. The SMILES string of the molecule is CC(C)NCCC(=O)NCCNC(=O)C1CC1. The molecule has 2 amide bonds. The minimum Gasteiger partial charge on any atom is -0.354 e. The van der Waals surface area contributed by atoms with Crippen LogP contribution < -0.4 is 16.0 Å². The molecular formula is C12H23N3O2. The number of carbonyl (C=O) groups excluding carboxylic acids is 2. The normalized spacial score (nSPS) is 14.8. The Kier molecular flexibility index (Phi) is 5.97. The van der Waals surface area contributed by atoms with Crippen molar-refractivity contribution < 1.29 is 9.59 Å². The van der Waals surface area contributed by atoms with Gasteiger partial charge in [0.2, 0.25) is 11.8 Å². The third-order valence-electron chi connectivity index (χ3n) is 2.60. The van der Waals surface area contributed by atoms with Crippen LogP contribution in [0.3, 0.4) is 0 Å². The van der Waals surface area contributed by atoms with Gasteiger partial charge >= 0.3 is 0 Å². The van der Waals surface area contributed by atoms with Crippen molar-refractivity contribution in [3.63, 3.8) is 0 Å². The van der Waals surface area contributed by atoms with Crippen LogP contribution in [0, 0.1) is 5.92 Å². The summed E-state index contributed by atoms with van der Waals surface area (Å²) < 4.78 is 0. The molecule has 0 heterocycles. The molecule has 0 aliphatic heterocycles. The van der Waals surface area contributed by atoms with Gasteiger partial charge in [-0.2, -0.15) is 0 Å². The van der Waals surface area contributed by atoms with Crippen LogP contribution in [0.5, 0.6) is 0 Å². The van der Waals surface area contributed by atoms with Crippen LogP contribution in [0.15, 0.2) is 0 Å². The molecule has 0 radical (unpaired) electrons. The van der Waals surface area contributed by atoms with E-state index in [1.807, 2.05) is 13.8 Å². The number of hydrogen-bond donors (Lipinski definition) is 3. The Morgan fingerprint density at radius 3 is 2.35 bits per heavy atom. The third kappa shape index (κ3) is 6.94. The molecule has 5 heteroatoms. The molecule has 0 aromatic heterocycles. The molecule has 98 valence electrons. The second-order valence-electron chi connectivity index (χ2n) is 4.77. The minimum atomic E-state index is 0.0267. The van der Waals surface area contributed by atoms with Crippen LogP contribution in [0.25, 0.3) is 0 Å². The van der Waals surface area contributed by atoms with Crippen molar-refractivity contribution in [3.8, 4) is 0 Å². The summed E-state index contributed by atoms with van der Waals surface area (Å²) in [6.07, 6.45) is 2.51. The molecule has 0 aromatic carbocycles. The van der Waals surface area contributed by atoms with Crippen LogP contribution in [-0.4, -0.2) is 37.5 Å². The van der Waals surface area contributed by atoms with Gasteiger partial charge in [-0.1, -0.05) is 13.8 Å². The first-order chi connectivity index (χ1) is 8.09. The summed E-state index contributed by atoms with van der Waals surface area (Å²) in [6.45, 7) is 5.83. The van der Waals surface area contributed by atoms with Crippen molar-refractivity contribution in [2.75, 3.05) is 19.6 Å². The first-order valence-corrected chi connectivity index (χ1v) is 6.37. The summed E-state index contributed by atoms with van der Waals surface area (Å²) in [5, 5.41) is 8.76. The molecule has 1 fully saturated rings. The van der Waals surface area contributed by atoms with Gasteiger partial charge in [-0.25, -0.2) is 0 Å². The predicted octanol–water partition coefficient (Wildman–Crippen LogP) is 0.0169. The van der Waals surface area contributed by atoms with Crippen molar-refractivity contribution in [2.24, 2.45) is 5.92 Å². The maximum absolute atomic E-state index is 11.4. The third-order valence-corrected chi connectivity index (χ3v) is 2.60. The lowest BCUT2D eigenvalue weighted by molar-refractivity contribution is -0.123. The molecule has 0 atom stereocenters. The van der Waals surface area contributed by atoms with E-state index in [9.17, 15) is 9.59 Å². The summed E-state index contributed by atoms with van der Waals surface area (Å²) in [5.41, 5.74) is 0. The molecule has 1 aliphatic rings. The Morgan fingerprint density at radius 2 is 1.76 bits per heavy atom. The fraction of sp³-hybridized carbons (Fsp3) is 0.833. The topological polar surface area (TPSA) is 70.2 Å². The average molecular weight is 241 g/mol. The van der Waals surface area contributed by atoms with E-state index in [0.29, 0.717) is 32.1 Å². The van der Waals surface area contributed by atoms with Crippen molar-refractivity contribution in [3.05, 3.63) is 0 Å². The van der Waals surface area contributed by atoms with E-state index in [1.165, 1.54) is 0 Å². The summed E-state index contributed by atoms with van der Waals surface area (Å²) in [5.74, 6) is 0.389. The molecule has 0 aromatic rings. The highest BCUT2D eigenvalue weighted by Gasteiger charge is 2.28. The van der Waals surface area contributed by atoms with Gasteiger partial charge in [0.15, 0.2) is 0 Å². The Labute approximate surface area is 103 Å². The van der Waals surface area contributed by atoms with Crippen molar-refractivity contribution in [1.29, 1.82) is 0 Å². The van der Waals surface area contributed by atoms with Gasteiger partial charge in [-0.15, -0.1) is 0 Å². The fourth-order valence-electron chi connectivity index (χ4n) is 1.44. The van der Waals surface area contributed by atoms with E-state index >= 15 is 0 Å². The second kappa shape index (κ2) is 7.27. The van der Waals surface area contributed by atoms with E-state index < -0.39 is 0 Å². The number of carbonyl (C=O) groups is 2. The van der Waals surface area contributed by atoms with E-state index in [-0.39, 0.29) is 17.7 Å². The average Bonchev–Trinajstić information content (AvgIpc) is 3.07. The lowest BCUT2D eigenvalue weighted by atomic mass is 10.3. The summed E-state index contributed by atoms with van der Waals surface area (Å²) in [4.78, 5) is 22.6. The van der Waals surface area contributed by atoms with Gasteiger partial charge in [0.25, 0.3) is 0 Å². The van der Waals surface area contributed by atoms with Gasteiger partial charge in [0.1, 0.15) is 0 Å². The fourth-order valence-corrected chi connectivity index (χ4v) is 1.44. The highest BCUT2D eigenvalue weighted by Crippen LogP contribution is 2.28. The molecule has 0 unspecified atom stereocenters. The van der Waals surface area contributed by atoms with Crippen LogP contribution in [0.2, 0.25) is 0 Å². The molecule has 3 N–H and O–H groups in total. The molecule has 5 nitrogen and oxygen atoms in total. The Morgan fingerprint density at radius 1 is 1.12 bits per heavy atom. The Hall–Kier alpha value is -1.10. The minimum absolute atomic E-state index is 0.0267. The molecule has 1 rings (SSSR count). The van der Waals surface area contributed by atoms with Gasteiger partial charge < -0.3 is 16.0 Å². The van der Waals surface area contributed by atoms with Gasteiger partial charge in [-0.05, 0) is 12.8 Å². The van der Waals surface area contributed by atoms with E-state index in [4.69, 9.17) is 0 Å². The number of amides is 2. The zero-order chi connectivity index (χ0) is 12.7. The Bertz CT molecular complexity index is 262. The van der Waals surface area contributed by atoms with Gasteiger partial charge in [0, 0.05) is 38.0 Å². The van der Waals surface area contributed by atoms with E-state index in [0.717, 1.165) is 12.8 Å². The van der Waals surface area contributed by atoms with Gasteiger partial charge in [0.05, 0.1) is 0 Å². The number of hydrogen-bond acceptors (Lipinski definition) is 3. The van der Waals surface area contributed by atoms with E-state index in [2.05, 4.69) is 16.0 Å². The van der Waals surface area contributed by atoms with Crippen LogP contribution in [-0.2, 0) is 9.59 Å². The lowest BCUT2D eigenvalue weighted by Crippen LogP contribution is -2.36. The predicted molar refractivity (Wildman–Crippen MR) is 66.5 cm³/mol. The maximum Gasteiger partial charge on any atom is 0.223 e. The smallest absolute Gasteiger partial charge is 0.223 e. The van der Waals surface area contributed by atoms with E-state index in [1.54, 1.807) is 0 Å². The van der Waals surface area contributed by atoms with Crippen molar-refractivity contribution in [2.45, 2.75) is 39.2 Å². The summed E-state index contributed by atoms with van der Waals surface area (Å²) in [6, 6.07) is 0.403. The van der Waals surface area contributed by atoms with Crippen molar-refractivity contribution >= 4 is 11.8 Å². The van der Waals surface area contributed by atoms with Gasteiger partial charge in [-0.3, -0.25) is 9.59 Å². The monoisotopic (exact) mass is 241 g/mol. The zero-order valence-electron chi connectivity index (χ0n) is 10.7. The molecule has 0 saturated heterocycles. The molecule has 0 spiro atoms. The quantitative estimate of drug-likeness (QED) is 0.525. The maximum atomic E-state index is 11.4. The number of nitrogens with one attached hydrogen (secondary N) is 3. The summed E-state index contributed by atoms with van der Waals surface area (Å²) in [7, 11) is 0. The molecule has 0 bridgehead atoms. The van der Waals surface area contributed by atoms with Crippen LogP contribution in [0.4, 0.5) is 0 Å². The lowest BCUT2D eigenvalue weighted by Gasteiger charge is -2.09.